The molecule has 0 saturated heterocycles. The number of nitrogens with zero attached hydrogens (tertiary/aromatic N) is 2. The fraction of sp³-hybridized carbons (Fsp3) is 0.231. The van der Waals surface area contributed by atoms with E-state index >= 15 is 0 Å². The van der Waals surface area contributed by atoms with E-state index in [0.29, 0.717) is 22.3 Å². The van der Waals surface area contributed by atoms with Crippen LogP contribution in [0, 0.1) is 0 Å². The summed E-state index contributed by atoms with van der Waals surface area (Å²) in [6.07, 6.45) is -4.48. The van der Waals surface area contributed by atoms with Gasteiger partial charge in [0, 0.05) is 28.7 Å². The molecule has 2 aromatic rings. The van der Waals surface area contributed by atoms with E-state index in [1.54, 1.807) is 24.3 Å². The molecule has 1 N–H and O–H groups in total. The molecule has 3 rings (SSSR count). The predicted molar refractivity (Wildman–Crippen MR) is 70.7 cm³/mol. The second kappa shape index (κ2) is 4.82. The third kappa shape index (κ3) is 2.31. The van der Waals surface area contributed by atoms with Crippen LogP contribution >= 0.6 is 15.9 Å². The number of benzene rings is 1. The van der Waals surface area contributed by atoms with E-state index < -0.39 is 11.9 Å². The van der Waals surface area contributed by atoms with Crippen LogP contribution < -0.4 is 5.32 Å². The summed E-state index contributed by atoms with van der Waals surface area (Å²) >= 11 is 3.31. The average Bonchev–Trinajstić information content (AvgIpc) is 2.85. The van der Waals surface area contributed by atoms with Gasteiger partial charge >= 0.3 is 6.18 Å². The molecule has 20 heavy (non-hydrogen) atoms. The predicted octanol–water partition coefficient (Wildman–Crippen LogP) is 3.53. The Kier molecular flexibility index (Phi) is 3.25. The zero-order valence-electron chi connectivity index (χ0n) is 10.1. The summed E-state index contributed by atoms with van der Waals surface area (Å²) in [6.45, 7) is 0.485. The number of halogens is 4. The Morgan fingerprint density at radius 2 is 1.85 bits per heavy atom. The van der Waals surface area contributed by atoms with E-state index in [1.807, 2.05) is 0 Å². The molecule has 1 aliphatic heterocycles. The van der Waals surface area contributed by atoms with Crippen molar-refractivity contribution in [2.24, 2.45) is 0 Å². The number of fused-ring (bicyclic) bond motifs is 1. The van der Waals surface area contributed by atoms with Crippen molar-refractivity contribution in [1.82, 2.24) is 15.3 Å². The van der Waals surface area contributed by atoms with Crippen molar-refractivity contribution in [2.75, 3.05) is 0 Å². The molecule has 0 atom stereocenters. The van der Waals surface area contributed by atoms with Crippen molar-refractivity contribution >= 4 is 15.9 Å². The van der Waals surface area contributed by atoms with E-state index in [4.69, 9.17) is 0 Å². The van der Waals surface area contributed by atoms with Crippen LogP contribution in [0.3, 0.4) is 0 Å². The lowest BCUT2D eigenvalue weighted by Crippen LogP contribution is -2.14. The molecule has 1 aromatic heterocycles. The van der Waals surface area contributed by atoms with Gasteiger partial charge in [0.1, 0.15) is 0 Å². The summed E-state index contributed by atoms with van der Waals surface area (Å²) in [5.41, 5.74) is 0.261. The molecule has 0 bridgehead atoms. The molecule has 104 valence electrons. The zero-order valence-corrected chi connectivity index (χ0v) is 11.7. The fourth-order valence-corrected chi connectivity index (χ4v) is 2.63. The van der Waals surface area contributed by atoms with Gasteiger partial charge in [-0.1, -0.05) is 34.1 Å². The van der Waals surface area contributed by atoms with Gasteiger partial charge in [0.15, 0.2) is 11.5 Å². The van der Waals surface area contributed by atoms with E-state index in [1.165, 1.54) is 0 Å². The maximum absolute atomic E-state index is 13.1. The molecule has 0 unspecified atom stereocenters. The smallest absolute Gasteiger partial charge is 0.307 e. The van der Waals surface area contributed by atoms with Gasteiger partial charge in [0.25, 0.3) is 0 Å². The van der Waals surface area contributed by atoms with Gasteiger partial charge in [0.05, 0.1) is 5.69 Å². The second-order valence-electron chi connectivity index (χ2n) is 4.40. The highest BCUT2D eigenvalue weighted by atomic mass is 79.9. The van der Waals surface area contributed by atoms with Crippen LogP contribution in [-0.2, 0) is 19.3 Å². The van der Waals surface area contributed by atoms with Gasteiger partial charge in [-0.2, -0.15) is 13.2 Å². The standard InChI is InChI=1S/C13H9BrF3N3/c14-9-4-2-1-3-7(9)12-19-10-6-18-5-8(10)11(20-12)13(15,16)17/h1-4,18H,5-6H2. The summed E-state index contributed by atoms with van der Waals surface area (Å²) in [5.74, 6) is 0.0900. The highest BCUT2D eigenvalue weighted by Crippen LogP contribution is 2.35. The van der Waals surface area contributed by atoms with Crippen LogP contribution in [0.25, 0.3) is 11.4 Å². The van der Waals surface area contributed by atoms with E-state index in [9.17, 15) is 13.2 Å². The first-order valence-electron chi connectivity index (χ1n) is 5.89. The largest absolute Gasteiger partial charge is 0.433 e. The summed E-state index contributed by atoms with van der Waals surface area (Å²) in [4.78, 5) is 8.00. The third-order valence-electron chi connectivity index (χ3n) is 3.07. The molecular weight excluding hydrogens is 335 g/mol. The SMILES string of the molecule is FC(F)(F)c1nc(-c2ccccc2Br)nc2c1CNC2. The van der Waals surface area contributed by atoms with Crippen LogP contribution in [0.5, 0.6) is 0 Å². The minimum atomic E-state index is -4.48. The van der Waals surface area contributed by atoms with Crippen molar-refractivity contribution in [3.63, 3.8) is 0 Å². The van der Waals surface area contributed by atoms with E-state index in [0.717, 1.165) is 0 Å². The minimum absolute atomic E-state index is 0.0900. The monoisotopic (exact) mass is 343 g/mol. The maximum atomic E-state index is 13.1. The first-order valence-corrected chi connectivity index (χ1v) is 6.68. The molecule has 0 amide bonds. The lowest BCUT2D eigenvalue weighted by molar-refractivity contribution is -0.141. The lowest BCUT2D eigenvalue weighted by Gasteiger charge is -2.12. The van der Waals surface area contributed by atoms with E-state index in [2.05, 4.69) is 31.2 Å². The molecule has 1 aliphatic rings. The summed E-state index contributed by atoms with van der Waals surface area (Å²) < 4.78 is 40.0. The Balaban J connectivity index is 2.22. The van der Waals surface area contributed by atoms with Crippen LogP contribution in [0.2, 0.25) is 0 Å². The molecule has 0 radical (unpaired) electrons. The first kappa shape index (κ1) is 13.5. The third-order valence-corrected chi connectivity index (χ3v) is 3.76. The van der Waals surface area contributed by atoms with Gasteiger partial charge in [0.2, 0.25) is 0 Å². The highest BCUT2D eigenvalue weighted by molar-refractivity contribution is 9.10. The Labute approximate surface area is 121 Å². The average molecular weight is 344 g/mol. The summed E-state index contributed by atoms with van der Waals surface area (Å²) in [5, 5.41) is 2.88. The molecule has 0 saturated carbocycles. The number of aromatic nitrogens is 2. The Morgan fingerprint density at radius 3 is 2.55 bits per heavy atom. The molecule has 0 fully saturated rings. The number of rotatable bonds is 1. The highest BCUT2D eigenvalue weighted by Gasteiger charge is 2.38. The normalized spacial score (nSPS) is 14.4. The molecule has 0 aliphatic carbocycles. The molecule has 0 spiro atoms. The minimum Gasteiger partial charge on any atom is -0.307 e. The van der Waals surface area contributed by atoms with Gasteiger partial charge in [-0.05, 0) is 6.07 Å². The zero-order chi connectivity index (χ0) is 14.3. The number of nitrogens with one attached hydrogen (secondary N) is 1. The van der Waals surface area contributed by atoms with Crippen LogP contribution in [0.1, 0.15) is 17.0 Å². The van der Waals surface area contributed by atoms with Gasteiger partial charge in [-0.15, -0.1) is 0 Å². The van der Waals surface area contributed by atoms with Crippen molar-refractivity contribution in [3.8, 4) is 11.4 Å². The van der Waals surface area contributed by atoms with Crippen molar-refractivity contribution < 1.29 is 13.2 Å². The molecule has 1 aromatic carbocycles. The molecule has 3 nitrogen and oxygen atoms in total. The summed E-state index contributed by atoms with van der Waals surface area (Å²) in [6, 6.07) is 6.96. The van der Waals surface area contributed by atoms with Crippen LogP contribution in [0.15, 0.2) is 28.7 Å². The molecular formula is C13H9BrF3N3. The second-order valence-corrected chi connectivity index (χ2v) is 5.26. The summed E-state index contributed by atoms with van der Waals surface area (Å²) in [7, 11) is 0. The number of alkyl halides is 3. The van der Waals surface area contributed by atoms with E-state index in [-0.39, 0.29) is 17.9 Å². The Bertz CT molecular complexity index is 670. The number of hydrogen-bond donors (Lipinski definition) is 1. The topological polar surface area (TPSA) is 37.8 Å². The fourth-order valence-electron chi connectivity index (χ4n) is 2.17. The first-order chi connectivity index (χ1) is 9.47. The van der Waals surface area contributed by atoms with Crippen molar-refractivity contribution in [2.45, 2.75) is 19.3 Å². The number of hydrogen-bond acceptors (Lipinski definition) is 3. The van der Waals surface area contributed by atoms with Gasteiger partial charge in [-0.3, -0.25) is 0 Å². The Morgan fingerprint density at radius 1 is 1.10 bits per heavy atom. The van der Waals surface area contributed by atoms with Gasteiger partial charge in [-0.25, -0.2) is 9.97 Å². The van der Waals surface area contributed by atoms with Crippen LogP contribution in [0.4, 0.5) is 13.2 Å². The quantitative estimate of drug-likeness (QED) is 0.860. The maximum Gasteiger partial charge on any atom is 0.433 e. The molecule has 7 heteroatoms. The van der Waals surface area contributed by atoms with Gasteiger partial charge < -0.3 is 5.32 Å². The van der Waals surface area contributed by atoms with Crippen LogP contribution in [-0.4, -0.2) is 9.97 Å². The van der Waals surface area contributed by atoms with Crippen molar-refractivity contribution in [3.05, 3.63) is 45.7 Å². The lowest BCUT2D eigenvalue weighted by atomic mass is 10.1. The van der Waals surface area contributed by atoms with Crippen molar-refractivity contribution in [1.29, 1.82) is 0 Å². The Hall–Kier alpha value is -1.47. The molecule has 2 heterocycles.